The van der Waals surface area contributed by atoms with Crippen LogP contribution in [-0.2, 0) is 7.05 Å². The van der Waals surface area contributed by atoms with Crippen LogP contribution < -0.4 is 10.5 Å². The maximum absolute atomic E-state index is 5.84. The van der Waals surface area contributed by atoms with E-state index in [9.17, 15) is 0 Å². The molecule has 2 N–H and O–H groups in total. The average Bonchev–Trinajstić information content (AvgIpc) is 2.56. The number of anilines is 1. The van der Waals surface area contributed by atoms with Crippen LogP contribution in [0.2, 0.25) is 0 Å². The fourth-order valence-electron chi connectivity index (χ4n) is 2.17. The second kappa shape index (κ2) is 4.72. The van der Waals surface area contributed by atoms with Crippen LogP contribution in [0.5, 0.6) is 5.75 Å². The minimum Gasteiger partial charge on any atom is -0.494 e. The van der Waals surface area contributed by atoms with E-state index in [0.717, 1.165) is 28.1 Å². The molecule has 0 spiro atoms. The van der Waals surface area contributed by atoms with Gasteiger partial charge < -0.3 is 10.5 Å². The molecular formula is C14H19N3O. The lowest BCUT2D eigenvalue weighted by Crippen LogP contribution is -1.97. The number of nitrogens with zero attached hydrogens (tertiary/aromatic N) is 2. The summed E-state index contributed by atoms with van der Waals surface area (Å²) >= 11 is 0. The van der Waals surface area contributed by atoms with Gasteiger partial charge >= 0.3 is 0 Å². The fraction of sp³-hybridized carbons (Fsp3) is 0.357. The Bertz CT molecular complexity index is 573. The molecule has 1 aromatic carbocycles. The Morgan fingerprint density at radius 3 is 2.56 bits per heavy atom. The molecule has 0 radical (unpaired) electrons. The Morgan fingerprint density at radius 2 is 2.06 bits per heavy atom. The summed E-state index contributed by atoms with van der Waals surface area (Å²) in [5.74, 6) is 1.51. The number of hydrogen-bond acceptors (Lipinski definition) is 3. The molecule has 1 heterocycles. The minimum atomic E-state index is 0.582. The first-order valence-corrected chi connectivity index (χ1v) is 6.07. The van der Waals surface area contributed by atoms with Gasteiger partial charge in [0.2, 0.25) is 0 Å². The van der Waals surface area contributed by atoms with Crippen molar-refractivity contribution < 1.29 is 4.74 Å². The van der Waals surface area contributed by atoms with Gasteiger partial charge in [0, 0.05) is 18.2 Å². The second-order valence-electron chi connectivity index (χ2n) is 4.40. The van der Waals surface area contributed by atoms with Crippen molar-refractivity contribution in [3.8, 4) is 17.0 Å². The van der Waals surface area contributed by atoms with Crippen molar-refractivity contribution in [2.45, 2.75) is 20.8 Å². The van der Waals surface area contributed by atoms with Crippen molar-refractivity contribution >= 4 is 5.82 Å². The minimum absolute atomic E-state index is 0.582. The SMILES string of the molecule is CCOc1ccc(-c2c(C)c(N)nn2C)cc1C. The molecule has 4 nitrogen and oxygen atoms in total. The van der Waals surface area contributed by atoms with Gasteiger partial charge in [0.1, 0.15) is 11.6 Å². The van der Waals surface area contributed by atoms with Crippen LogP contribution in [0, 0.1) is 13.8 Å². The average molecular weight is 245 g/mol. The topological polar surface area (TPSA) is 53.1 Å². The van der Waals surface area contributed by atoms with Crippen LogP contribution in [0.15, 0.2) is 18.2 Å². The van der Waals surface area contributed by atoms with Crippen LogP contribution in [0.25, 0.3) is 11.3 Å². The first-order chi connectivity index (χ1) is 8.54. The molecule has 1 aromatic heterocycles. The molecule has 4 heteroatoms. The van der Waals surface area contributed by atoms with E-state index in [1.165, 1.54) is 0 Å². The van der Waals surface area contributed by atoms with Gasteiger partial charge in [0.05, 0.1) is 12.3 Å². The highest BCUT2D eigenvalue weighted by molar-refractivity contribution is 5.69. The number of nitrogen functional groups attached to an aromatic ring is 1. The van der Waals surface area contributed by atoms with Crippen LogP contribution in [0.1, 0.15) is 18.1 Å². The van der Waals surface area contributed by atoms with Crippen molar-refractivity contribution in [2.75, 3.05) is 12.3 Å². The summed E-state index contributed by atoms with van der Waals surface area (Å²) in [4.78, 5) is 0. The summed E-state index contributed by atoms with van der Waals surface area (Å²) in [7, 11) is 1.91. The largest absolute Gasteiger partial charge is 0.494 e. The molecule has 0 bridgehead atoms. The summed E-state index contributed by atoms with van der Waals surface area (Å²) in [6.07, 6.45) is 0. The number of benzene rings is 1. The van der Waals surface area contributed by atoms with E-state index in [0.29, 0.717) is 12.4 Å². The van der Waals surface area contributed by atoms with Crippen LogP contribution in [-0.4, -0.2) is 16.4 Å². The van der Waals surface area contributed by atoms with Gasteiger partial charge in [-0.25, -0.2) is 0 Å². The molecule has 0 fully saturated rings. The lowest BCUT2D eigenvalue weighted by atomic mass is 10.0. The summed E-state index contributed by atoms with van der Waals surface area (Å²) in [5, 5.41) is 4.24. The first kappa shape index (κ1) is 12.5. The van der Waals surface area contributed by atoms with Gasteiger partial charge in [-0.15, -0.1) is 0 Å². The lowest BCUT2D eigenvalue weighted by molar-refractivity contribution is 0.338. The van der Waals surface area contributed by atoms with Crippen LogP contribution >= 0.6 is 0 Å². The normalized spacial score (nSPS) is 10.7. The maximum atomic E-state index is 5.84. The molecular weight excluding hydrogens is 226 g/mol. The zero-order valence-electron chi connectivity index (χ0n) is 11.3. The molecule has 0 saturated carbocycles. The standard InChI is InChI=1S/C14H19N3O/c1-5-18-12-7-6-11(8-9(12)2)13-10(3)14(15)16-17(13)4/h6-8H,5H2,1-4H3,(H2,15,16). The van der Waals surface area contributed by atoms with Crippen molar-refractivity contribution in [3.63, 3.8) is 0 Å². The Morgan fingerprint density at radius 1 is 1.33 bits per heavy atom. The molecule has 0 atom stereocenters. The zero-order valence-corrected chi connectivity index (χ0v) is 11.3. The van der Waals surface area contributed by atoms with Gasteiger partial charge in [0.15, 0.2) is 0 Å². The highest BCUT2D eigenvalue weighted by Crippen LogP contribution is 2.30. The molecule has 96 valence electrons. The second-order valence-corrected chi connectivity index (χ2v) is 4.40. The quantitative estimate of drug-likeness (QED) is 0.904. The highest BCUT2D eigenvalue weighted by Gasteiger charge is 2.12. The Kier molecular flexibility index (Phi) is 3.28. The van der Waals surface area contributed by atoms with E-state index < -0.39 is 0 Å². The van der Waals surface area contributed by atoms with Gasteiger partial charge in [-0.1, -0.05) is 0 Å². The van der Waals surface area contributed by atoms with E-state index in [-0.39, 0.29) is 0 Å². The smallest absolute Gasteiger partial charge is 0.148 e. The van der Waals surface area contributed by atoms with Gasteiger partial charge in [-0.3, -0.25) is 4.68 Å². The predicted molar refractivity (Wildman–Crippen MR) is 73.7 cm³/mol. The lowest BCUT2D eigenvalue weighted by Gasteiger charge is -2.10. The number of ether oxygens (including phenoxy) is 1. The highest BCUT2D eigenvalue weighted by atomic mass is 16.5. The van der Waals surface area contributed by atoms with Crippen LogP contribution in [0.3, 0.4) is 0 Å². The van der Waals surface area contributed by atoms with Gasteiger partial charge in [-0.2, -0.15) is 5.10 Å². The summed E-state index contributed by atoms with van der Waals surface area (Å²) in [6.45, 7) is 6.70. The fourth-order valence-corrected chi connectivity index (χ4v) is 2.17. The molecule has 18 heavy (non-hydrogen) atoms. The molecule has 0 aliphatic rings. The Balaban J connectivity index is 2.49. The van der Waals surface area contributed by atoms with Crippen molar-refractivity contribution in [1.29, 1.82) is 0 Å². The third-order valence-corrected chi connectivity index (χ3v) is 3.07. The number of hydrogen-bond donors (Lipinski definition) is 1. The van der Waals surface area contributed by atoms with E-state index in [1.54, 1.807) is 0 Å². The van der Waals surface area contributed by atoms with E-state index in [1.807, 2.05) is 44.6 Å². The summed E-state index contributed by atoms with van der Waals surface area (Å²) in [5.41, 5.74) is 10.1. The monoisotopic (exact) mass is 245 g/mol. The molecule has 0 amide bonds. The molecule has 0 unspecified atom stereocenters. The molecule has 0 saturated heterocycles. The Hall–Kier alpha value is -1.97. The molecule has 2 aromatic rings. The van der Waals surface area contributed by atoms with Crippen molar-refractivity contribution in [3.05, 3.63) is 29.3 Å². The third kappa shape index (κ3) is 2.06. The van der Waals surface area contributed by atoms with Crippen molar-refractivity contribution in [1.82, 2.24) is 9.78 Å². The van der Waals surface area contributed by atoms with E-state index >= 15 is 0 Å². The van der Waals surface area contributed by atoms with Gasteiger partial charge in [-0.05, 0) is 44.5 Å². The third-order valence-electron chi connectivity index (χ3n) is 3.07. The maximum Gasteiger partial charge on any atom is 0.148 e. The van der Waals surface area contributed by atoms with Crippen molar-refractivity contribution in [2.24, 2.45) is 7.05 Å². The summed E-state index contributed by atoms with van der Waals surface area (Å²) < 4.78 is 7.37. The van der Waals surface area contributed by atoms with Crippen LogP contribution in [0.4, 0.5) is 5.82 Å². The number of rotatable bonds is 3. The predicted octanol–water partition coefficient (Wildman–Crippen LogP) is 2.68. The van der Waals surface area contributed by atoms with E-state index in [2.05, 4.69) is 11.2 Å². The first-order valence-electron chi connectivity index (χ1n) is 6.07. The van der Waals surface area contributed by atoms with Gasteiger partial charge in [0.25, 0.3) is 0 Å². The zero-order chi connectivity index (χ0) is 13.3. The molecule has 0 aliphatic carbocycles. The van der Waals surface area contributed by atoms with E-state index in [4.69, 9.17) is 10.5 Å². The Labute approximate surface area is 107 Å². The number of nitrogens with two attached hydrogens (primary N) is 1. The number of aromatic nitrogens is 2. The molecule has 0 aliphatic heterocycles. The summed E-state index contributed by atoms with van der Waals surface area (Å²) in [6, 6.07) is 6.15. The number of aryl methyl sites for hydroxylation is 2. The molecule has 2 rings (SSSR count).